The SMILES string of the molecule is O=C(O)c1cc(Br)c2ncsc2c1. The number of fused-ring (bicyclic) bond motifs is 1. The molecule has 0 aliphatic carbocycles. The summed E-state index contributed by atoms with van der Waals surface area (Å²) in [5.74, 6) is -0.920. The van der Waals surface area contributed by atoms with Gasteiger partial charge in [0.15, 0.2) is 0 Å². The van der Waals surface area contributed by atoms with E-state index in [4.69, 9.17) is 5.11 Å². The lowest BCUT2D eigenvalue weighted by Gasteiger charge is -1.96. The Morgan fingerprint density at radius 3 is 3.00 bits per heavy atom. The summed E-state index contributed by atoms with van der Waals surface area (Å²) < 4.78 is 1.61. The molecule has 5 heteroatoms. The molecule has 0 radical (unpaired) electrons. The highest BCUT2D eigenvalue weighted by atomic mass is 79.9. The van der Waals surface area contributed by atoms with Gasteiger partial charge in [0.1, 0.15) is 0 Å². The van der Waals surface area contributed by atoms with Gasteiger partial charge in [0.05, 0.1) is 21.3 Å². The molecule has 0 aliphatic rings. The summed E-state index contributed by atoms with van der Waals surface area (Å²) >= 11 is 4.70. The van der Waals surface area contributed by atoms with Crippen LogP contribution in [0.25, 0.3) is 10.2 Å². The van der Waals surface area contributed by atoms with Crippen molar-refractivity contribution in [2.45, 2.75) is 0 Å². The Hall–Kier alpha value is -0.940. The van der Waals surface area contributed by atoms with Crippen LogP contribution in [0.3, 0.4) is 0 Å². The molecule has 1 heterocycles. The number of thiazole rings is 1. The number of rotatable bonds is 1. The average molecular weight is 258 g/mol. The second kappa shape index (κ2) is 3.08. The number of aromatic carboxylic acids is 1. The molecular formula is C8H4BrNO2S. The largest absolute Gasteiger partial charge is 0.478 e. The second-order valence-corrected chi connectivity index (χ2v) is 4.20. The highest BCUT2D eigenvalue weighted by molar-refractivity contribution is 9.10. The Balaban J connectivity index is 2.77. The zero-order valence-electron chi connectivity index (χ0n) is 6.32. The molecule has 0 spiro atoms. The van der Waals surface area contributed by atoms with E-state index in [1.54, 1.807) is 17.6 Å². The van der Waals surface area contributed by atoms with Gasteiger partial charge in [-0.2, -0.15) is 0 Å². The molecule has 2 rings (SSSR count). The predicted octanol–water partition coefficient (Wildman–Crippen LogP) is 2.76. The first-order valence-corrected chi connectivity index (χ1v) is 5.12. The van der Waals surface area contributed by atoms with E-state index in [1.807, 2.05) is 0 Å². The Bertz CT molecular complexity index is 480. The zero-order valence-corrected chi connectivity index (χ0v) is 8.72. The van der Waals surface area contributed by atoms with Crippen LogP contribution < -0.4 is 0 Å². The number of aromatic nitrogens is 1. The normalized spacial score (nSPS) is 10.5. The summed E-state index contributed by atoms with van der Waals surface area (Å²) in [6.07, 6.45) is 0. The van der Waals surface area contributed by atoms with Crippen molar-refractivity contribution in [1.82, 2.24) is 4.98 Å². The first kappa shape index (κ1) is 8.65. The molecule has 1 N–H and O–H groups in total. The van der Waals surface area contributed by atoms with Crippen molar-refractivity contribution in [3.63, 3.8) is 0 Å². The number of carboxylic acids is 1. The van der Waals surface area contributed by atoms with Crippen molar-refractivity contribution in [2.75, 3.05) is 0 Å². The highest BCUT2D eigenvalue weighted by Gasteiger charge is 2.08. The summed E-state index contributed by atoms with van der Waals surface area (Å²) in [7, 11) is 0. The molecule has 3 nitrogen and oxygen atoms in total. The van der Waals surface area contributed by atoms with Crippen LogP contribution in [0.1, 0.15) is 10.4 Å². The summed E-state index contributed by atoms with van der Waals surface area (Å²) in [6, 6.07) is 3.18. The van der Waals surface area contributed by atoms with E-state index >= 15 is 0 Å². The Morgan fingerprint density at radius 1 is 1.54 bits per heavy atom. The van der Waals surface area contributed by atoms with Crippen molar-refractivity contribution in [3.8, 4) is 0 Å². The van der Waals surface area contributed by atoms with Gasteiger partial charge in [-0.05, 0) is 28.1 Å². The van der Waals surface area contributed by atoms with Crippen LogP contribution in [-0.4, -0.2) is 16.1 Å². The molecular weight excluding hydrogens is 254 g/mol. The lowest BCUT2D eigenvalue weighted by molar-refractivity contribution is 0.0697. The fraction of sp³-hybridized carbons (Fsp3) is 0. The van der Waals surface area contributed by atoms with Crippen molar-refractivity contribution >= 4 is 43.5 Å². The molecule has 13 heavy (non-hydrogen) atoms. The van der Waals surface area contributed by atoms with Crippen LogP contribution in [0, 0.1) is 0 Å². The topological polar surface area (TPSA) is 50.2 Å². The fourth-order valence-electron chi connectivity index (χ4n) is 1.05. The zero-order chi connectivity index (χ0) is 9.42. The van der Waals surface area contributed by atoms with Gasteiger partial charge in [-0.3, -0.25) is 0 Å². The number of hydrogen-bond acceptors (Lipinski definition) is 3. The molecule has 0 saturated carbocycles. The van der Waals surface area contributed by atoms with Crippen LogP contribution in [0.5, 0.6) is 0 Å². The maximum absolute atomic E-state index is 10.7. The van der Waals surface area contributed by atoms with Crippen molar-refractivity contribution in [2.24, 2.45) is 0 Å². The number of halogens is 1. The molecule has 0 fully saturated rings. The van der Waals surface area contributed by atoms with E-state index in [0.717, 1.165) is 14.7 Å². The number of carbonyl (C=O) groups is 1. The molecule has 66 valence electrons. The minimum Gasteiger partial charge on any atom is -0.478 e. The third-order valence-electron chi connectivity index (χ3n) is 1.64. The van der Waals surface area contributed by atoms with Gasteiger partial charge in [0, 0.05) is 4.47 Å². The molecule has 2 aromatic rings. The average Bonchev–Trinajstić information content (AvgIpc) is 2.51. The third-order valence-corrected chi connectivity index (χ3v) is 3.02. The number of hydrogen-bond donors (Lipinski definition) is 1. The van der Waals surface area contributed by atoms with Gasteiger partial charge in [-0.15, -0.1) is 11.3 Å². The molecule has 0 atom stereocenters. The smallest absolute Gasteiger partial charge is 0.335 e. The molecule has 0 saturated heterocycles. The molecule has 1 aromatic carbocycles. The van der Waals surface area contributed by atoms with Gasteiger partial charge in [0.25, 0.3) is 0 Å². The lowest BCUT2D eigenvalue weighted by atomic mass is 10.2. The predicted molar refractivity (Wildman–Crippen MR) is 54.3 cm³/mol. The Labute approximate surface area is 86.2 Å². The van der Waals surface area contributed by atoms with Crippen molar-refractivity contribution < 1.29 is 9.90 Å². The third kappa shape index (κ3) is 1.45. The number of carboxylic acid groups (broad SMARTS) is 1. The molecule has 0 aliphatic heterocycles. The minimum absolute atomic E-state index is 0.281. The van der Waals surface area contributed by atoms with E-state index in [9.17, 15) is 4.79 Å². The summed E-state index contributed by atoms with van der Waals surface area (Å²) in [6.45, 7) is 0. The van der Waals surface area contributed by atoms with Gasteiger partial charge in [-0.25, -0.2) is 9.78 Å². The van der Waals surface area contributed by atoms with Gasteiger partial charge in [0.2, 0.25) is 0 Å². The van der Waals surface area contributed by atoms with E-state index in [1.165, 1.54) is 11.3 Å². The summed E-state index contributed by atoms with van der Waals surface area (Å²) in [4.78, 5) is 14.8. The van der Waals surface area contributed by atoms with Crippen LogP contribution in [0.15, 0.2) is 22.1 Å². The molecule has 0 amide bonds. The first-order chi connectivity index (χ1) is 6.18. The summed E-state index contributed by atoms with van der Waals surface area (Å²) in [5, 5.41) is 8.77. The maximum Gasteiger partial charge on any atom is 0.335 e. The number of nitrogens with zero attached hydrogens (tertiary/aromatic N) is 1. The number of benzene rings is 1. The second-order valence-electron chi connectivity index (χ2n) is 2.46. The van der Waals surface area contributed by atoms with Crippen molar-refractivity contribution in [3.05, 3.63) is 27.7 Å². The maximum atomic E-state index is 10.7. The van der Waals surface area contributed by atoms with Crippen LogP contribution in [0.4, 0.5) is 0 Å². The van der Waals surface area contributed by atoms with E-state index in [0.29, 0.717) is 0 Å². The minimum atomic E-state index is -0.920. The monoisotopic (exact) mass is 257 g/mol. The van der Waals surface area contributed by atoms with Crippen LogP contribution in [0.2, 0.25) is 0 Å². The Kier molecular flexibility index (Phi) is 2.05. The first-order valence-electron chi connectivity index (χ1n) is 3.44. The Morgan fingerprint density at radius 2 is 2.31 bits per heavy atom. The highest BCUT2D eigenvalue weighted by Crippen LogP contribution is 2.27. The summed E-state index contributed by atoms with van der Waals surface area (Å²) in [5.41, 5.74) is 2.79. The quantitative estimate of drug-likeness (QED) is 0.855. The van der Waals surface area contributed by atoms with E-state index in [2.05, 4.69) is 20.9 Å². The van der Waals surface area contributed by atoms with E-state index in [-0.39, 0.29) is 5.56 Å². The molecule has 0 bridgehead atoms. The molecule has 0 unspecified atom stereocenters. The van der Waals surface area contributed by atoms with Gasteiger partial charge >= 0.3 is 5.97 Å². The lowest BCUT2D eigenvalue weighted by Crippen LogP contribution is -1.95. The van der Waals surface area contributed by atoms with Gasteiger partial charge in [-0.1, -0.05) is 0 Å². The van der Waals surface area contributed by atoms with Crippen LogP contribution in [-0.2, 0) is 0 Å². The van der Waals surface area contributed by atoms with Crippen molar-refractivity contribution in [1.29, 1.82) is 0 Å². The fourth-order valence-corrected chi connectivity index (χ4v) is 2.48. The standard InChI is InChI=1S/C8H4BrNO2S/c9-5-1-4(8(11)12)2-6-7(5)10-3-13-6/h1-3H,(H,11,12). The van der Waals surface area contributed by atoms with Crippen LogP contribution >= 0.6 is 27.3 Å². The van der Waals surface area contributed by atoms with Gasteiger partial charge < -0.3 is 5.11 Å². The van der Waals surface area contributed by atoms with E-state index < -0.39 is 5.97 Å². The molecule has 1 aromatic heterocycles.